The van der Waals surface area contributed by atoms with E-state index in [0.717, 1.165) is 0 Å². The first-order chi connectivity index (χ1) is 12.6. The molecular weight excluding hydrogens is 338 g/mol. The summed E-state index contributed by atoms with van der Waals surface area (Å²) in [5.41, 5.74) is 5.65. The van der Waals surface area contributed by atoms with Gasteiger partial charge < -0.3 is 14.2 Å². The van der Waals surface area contributed by atoms with Gasteiger partial charge in [-0.15, -0.1) is 0 Å². The summed E-state index contributed by atoms with van der Waals surface area (Å²) >= 11 is 0. The molecule has 0 aliphatic heterocycles. The van der Waals surface area contributed by atoms with Crippen molar-refractivity contribution in [2.24, 2.45) is 0 Å². The van der Waals surface area contributed by atoms with Crippen molar-refractivity contribution in [1.82, 2.24) is 15.8 Å². The SMILES string of the molecule is COc1cc(C=CC(=O)NNC(=O)c2ccncc2)cc(OC)c1OC. The lowest BCUT2D eigenvalue weighted by Gasteiger charge is -2.12. The molecule has 1 heterocycles. The van der Waals surface area contributed by atoms with Gasteiger partial charge in [0.05, 0.1) is 21.3 Å². The molecule has 0 saturated heterocycles. The zero-order valence-electron chi connectivity index (χ0n) is 14.6. The number of pyridine rings is 1. The van der Waals surface area contributed by atoms with Gasteiger partial charge in [-0.1, -0.05) is 0 Å². The van der Waals surface area contributed by atoms with Crippen molar-refractivity contribution in [3.63, 3.8) is 0 Å². The van der Waals surface area contributed by atoms with Crippen LogP contribution in [0.3, 0.4) is 0 Å². The molecule has 0 atom stereocenters. The van der Waals surface area contributed by atoms with Crippen molar-refractivity contribution in [2.45, 2.75) is 0 Å². The molecule has 136 valence electrons. The maximum atomic E-state index is 11.9. The molecule has 0 fully saturated rings. The Hall–Kier alpha value is -3.55. The monoisotopic (exact) mass is 357 g/mol. The zero-order chi connectivity index (χ0) is 18.9. The predicted molar refractivity (Wildman–Crippen MR) is 95.0 cm³/mol. The Morgan fingerprint density at radius 2 is 1.58 bits per heavy atom. The molecule has 0 unspecified atom stereocenters. The number of amides is 2. The molecule has 2 amide bonds. The first kappa shape index (κ1) is 18.8. The fourth-order valence-electron chi connectivity index (χ4n) is 2.10. The molecule has 0 aliphatic rings. The molecule has 8 nitrogen and oxygen atoms in total. The number of ether oxygens (including phenoxy) is 3. The number of hydrazine groups is 1. The van der Waals surface area contributed by atoms with Gasteiger partial charge in [0, 0.05) is 24.0 Å². The van der Waals surface area contributed by atoms with Crippen molar-refractivity contribution in [1.29, 1.82) is 0 Å². The summed E-state index contributed by atoms with van der Waals surface area (Å²) in [7, 11) is 4.52. The second kappa shape index (κ2) is 9.07. The second-order valence-electron chi connectivity index (χ2n) is 4.97. The topological polar surface area (TPSA) is 98.8 Å². The van der Waals surface area contributed by atoms with Crippen molar-refractivity contribution < 1.29 is 23.8 Å². The average molecular weight is 357 g/mol. The molecule has 0 saturated carbocycles. The number of nitrogens with one attached hydrogen (secondary N) is 2. The van der Waals surface area contributed by atoms with Crippen molar-refractivity contribution in [3.05, 3.63) is 53.9 Å². The van der Waals surface area contributed by atoms with E-state index in [9.17, 15) is 9.59 Å². The smallest absolute Gasteiger partial charge is 0.269 e. The molecule has 0 spiro atoms. The number of carbonyl (C=O) groups is 2. The number of aromatic nitrogens is 1. The molecule has 1 aromatic carbocycles. The predicted octanol–water partition coefficient (Wildman–Crippen LogP) is 1.58. The van der Waals surface area contributed by atoms with Crippen LogP contribution in [-0.4, -0.2) is 38.1 Å². The second-order valence-corrected chi connectivity index (χ2v) is 4.97. The zero-order valence-corrected chi connectivity index (χ0v) is 14.6. The molecular formula is C18H19N3O5. The number of benzene rings is 1. The van der Waals surface area contributed by atoms with Crippen LogP contribution >= 0.6 is 0 Å². The summed E-state index contributed by atoms with van der Waals surface area (Å²) < 4.78 is 15.7. The maximum Gasteiger partial charge on any atom is 0.269 e. The van der Waals surface area contributed by atoms with E-state index in [0.29, 0.717) is 28.4 Å². The lowest BCUT2D eigenvalue weighted by atomic mass is 10.1. The van der Waals surface area contributed by atoms with Crippen molar-refractivity contribution in [2.75, 3.05) is 21.3 Å². The fourth-order valence-corrected chi connectivity index (χ4v) is 2.10. The quantitative estimate of drug-likeness (QED) is 0.602. The van der Waals surface area contributed by atoms with Gasteiger partial charge >= 0.3 is 0 Å². The van der Waals surface area contributed by atoms with E-state index < -0.39 is 11.8 Å². The van der Waals surface area contributed by atoms with Crippen LogP contribution in [-0.2, 0) is 4.79 Å². The van der Waals surface area contributed by atoms with Crippen molar-refractivity contribution in [3.8, 4) is 17.2 Å². The number of hydrogen-bond donors (Lipinski definition) is 2. The Morgan fingerprint density at radius 1 is 0.962 bits per heavy atom. The summed E-state index contributed by atoms with van der Waals surface area (Å²) in [6, 6.07) is 6.46. The van der Waals surface area contributed by atoms with Gasteiger partial charge in [0.1, 0.15) is 0 Å². The highest BCUT2D eigenvalue weighted by molar-refractivity contribution is 5.97. The normalized spacial score (nSPS) is 10.3. The minimum Gasteiger partial charge on any atom is -0.493 e. The van der Waals surface area contributed by atoms with E-state index >= 15 is 0 Å². The molecule has 0 radical (unpaired) electrons. The first-order valence-electron chi connectivity index (χ1n) is 7.57. The number of hydrogen-bond acceptors (Lipinski definition) is 6. The molecule has 2 N–H and O–H groups in total. The molecule has 1 aromatic heterocycles. The van der Waals surface area contributed by atoms with Crippen LogP contribution in [0.5, 0.6) is 17.2 Å². The summed E-state index contributed by atoms with van der Waals surface area (Å²) in [5, 5.41) is 0. The molecule has 26 heavy (non-hydrogen) atoms. The molecule has 2 rings (SSSR count). The number of nitrogens with zero attached hydrogens (tertiary/aromatic N) is 1. The van der Waals surface area contributed by atoms with Crippen LogP contribution in [0.4, 0.5) is 0 Å². The number of rotatable bonds is 6. The Labute approximate surface area is 150 Å². The third-order valence-corrected chi connectivity index (χ3v) is 3.36. The van der Waals surface area contributed by atoms with Crippen LogP contribution < -0.4 is 25.1 Å². The Balaban J connectivity index is 2.02. The lowest BCUT2D eigenvalue weighted by Crippen LogP contribution is -2.40. The third-order valence-electron chi connectivity index (χ3n) is 3.36. The minimum absolute atomic E-state index is 0.383. The maximum absolute atomic E-state index is 11.9. The largest absolute Gasteiger partial charge is 0.493 e. The van der Waals surface area contributed by atoms with Gasteiger partial charge in [-0.3, -0.25) is 25.4 Å². The summed E-state index contributed by atoms with van der Waals surface area (Å²) in [4.78, 5) is 27.5. The minimum atomic E-state index is -0.499. The van der Waals surface area contributed by atoms with E-state index in [-0.39, 0.29) is 0 Å². The summed E-state index contributed by atoms with van der Waals surface area (Å²) in [6.07, 6.45) is 5.80. The molecule has 8 heteroatoms. The number of carbonyl (C=O) groups excluding carboxylic acids is 2. The molecule has 0 aliphatic carbocycles. The third kappa shape index (κ3) is 4.73. The van der Waals surface area contributed by atoms with Crippen LogP contribution in [0.2, 0.25) is 0 Å². The van der Waals surface area contributed by atoms with E-state index in [1.54, 1.807) is 18.2 Å². The van der Waals surface area contributed by atoms with Crippen LogP contribution in [0.1, 0.15) is 15.9 Å². The Kier molecular flexibility index (Phi) is 6.55. The molecule has 2 aromatic rings. The molecule has 0 bridgehead atoms. The van der Waals surface area contributed by atoms with Gasteiger partial charge in [-0.2, -0.15) is 0 Å². The van der Waals surface area contributed by atoms with Gasteiger partial charge in [0.2, 0.25) is 5.75 Å². The van der Waals surface area contributed by atoms with E-state index in [1.165, 1.54) is 51.9 Å². The van der Waals surface area contributed by atoms with E-state index in [1.807, 2.05) is 0 Å². The highest BCUT2D eigenvalue weighted by Gasteiger charge is 2.12. The van der Waals surface area contributed by atoms with Crippen molar-refractivity contribution >= 4 is 17.9 Å². The number of methoxy groups -OCH3 is 3. The lowest BCUT2D eigenvalue weighted by molar-refractivity contribution is -0.117. The van der Waals surface area contributed by atoms with Crippen LogP contribution in [0.15, 0.2) is 42.7 Å². The standard InChI is InChI=1S/C18H19N3O5/c1-24-14-10-12(11-15(25-2)17(14)26-3)4-5-16(22)20-21-18(23)13-6-8-19-9-7-13/h4-11H,1-3H3,(H,20,22)(H,21,23). The average Bonchev–Trinajstić information content (AvgIpc) is 2.69. The fraction of sp³-hybridized carbons (Fsp3) is 0.167. The van der Waals surface area contributed by atoms with Gasteiger partial charge in [-0.25, -0.2) is 0 Å². The van der Waals surface area contributed by atoms with Gasteiger partial charge in [0.15, 0.2) is 11.5 Å². The van der Waals surface area contributed by atoms with E-state index in [4.69, 9.17) is 14.2 Å². The van der Waals surface area contributed by atoms with E-state index in [2.05, 4.69) is 15.8 Å². The first-order valence-corrected chi connectivity index (χ1v) is 7.57. The summed E-state index contributed by atoms with van der Waals surface area (Å²) in [5.74, 6) is 0.458. The highest BCUT2D eigenvalue weighted by atomic mass is 16.5. The van der Waals surface area contributed by atoms with Gasteiger partial charge in [0.25, 0.3) is 11.8 Å². The summed E-state index contributed by atoms with van der Waals surface area (Å²) in [6.45, 7) is 0. The Morgan fingerprint density at radius 3 is 2.12 bits per heavy atom. The van der Waals surface area contributed by atoms with Gasteiger partial charge in [-0.05, 0) is 35.9 Å². The Bertz CT molecular complexity index is 781. The van der Waals surface area contributed by atoms with Crippen LogP contribution in [0, 0.1) is 0 Å². The van der Waals surface area contributed by atoms with Crippen LogP contribution in [0.25, 0.3) is 6.08 Å². The highest BCUT2D eigenvalue weighted by Crippen LogP contribution is 2.38.